The predicted molar refractivity (Wildman–Crippen MR) is 84.0 cm³/mol. The van der Waals surface area contributed by atoms with E-state index >= 15 is 0 Å². The fourth-order valence-electron chi connectivity index (χ4n) is 2.63. The number of nitrogens with one attached hydrogen (secondary N) is 1. The summed E-state index contributed by atoms with van der Waals surface area (Å²) in [4.78, 5) is 0. The molecule has 2 rings (SSSR count). The van der Waals surface area contributed by atoms with Crippen molar-refractivity contribution in [3.63, 3.8) is 0 Å². The van der Waals surface area contributed by atoms with Crippen LogP contribution in [-0.2, 0) is 26.4 Å². The average molecular weight is 311 g/mol. The molecule has 0 saturated heterocycles. The highest BCUT2D eigenvalue weighted by atomic mass is 35.5. The molecule has 0 bridgehead atoms. The summed E-state index contributed by atoms with van der Waals surface area (Å²) in [6.07, 6.45) is 3.56. The van der Waals surface area contributed by atoms with Gasteiger partial charge in [-0.1, -0.05) is 18.5 Å². The highest BCUT2D eigenvalue weighted by molar-refractivity contribution is 6.31. The molecule has 7 heteroatoms. The zero-order valence-corrected chi connectivity index (χ0v) is 13.8. The minimum Gasteiger partial charge on any atom is -0.275 e. The number of rotatable bonds is 6. The van der Waals surface area contributed by atoms with Crippen LogP contribution in [0.1, 0.15) is 42.5 Å². The van der Waals surface area contributed by atoms with Gasteiger partial charge in [-0.3, -0.25) is 20.6 Å². The summed E-state index contributed by atoms with van der Waals surface area (Å²) in [5.41, 5.74) is 6.91. The van der Waals surface area contributed by atoms with E-state index in [4.69, 9.17) is 17.4 Å². The minimum absolute atomic E-state index is 0.0347. The largest absolute Gasteiger partial charge is 0.275 e. The zero-order chi connectivity index (χ0) is 15.6. The van der Waals surface area contributed by atoms with Crippen molar-refractivity contribution >= 4 is 11.6 Å². The minimum atomic E-state index is -0.0347. The number of aromatic nitrogens is 4. The molecule has 0 amide bonds. The molecule has 2 aromatic rings. The van der Waals surface area contributed by atoms with Gasteiger partial charge in [-0.05, 0) is 20.3 Å². The Morgan fingerprint density at radius 2 is 2.10 bits per heavy atom. The van der Waals surface area contributed by atoms with E-state index in [2.05, 4.69) is 29.5 Å². The molecule has 21 heavy (non-hydrogen) atoms. The number of hydrazine groups is 1. The van der Waals surface area contributed by atoms with E-state index in [-0.39, 0.29) is 6.04 Å². The van der Waals surface area contributed by atoms with E-state index in [1.165, 1.54) is 0 Å². The van der Waals surface area contributed by atoms with Gasteiger partial charge in [-0.2, -0.15) is 10.2 Å². The second-order valence-corrected chi connectivity index (χ2v) is 5.52. The van der Waals surface area contributed by atoms with Gasteiger partial charge in [0.2, 0.25) is 0 Å². The highest BCUT2D eigenvalue weighted by Crippen LogP contribution is 2.27. The van der Waals surface area contributed by atoms with Crippen molar-refractivity contribution in [3.8, 4) is 0 Å². The van der Waals surface area contributed by atoms with Crippen LogP contribution in [-0.4, -0.2) is 19.6 Å². The van der Waals surface area contributed by atoms with Gasteiger partial charge >= 0.3 is 0 Å². The molecule has 0 aliphatic rings. The summed E-state index contributed by atoms with van der Waals surface area (Å²) in [6, 6.07) is -0.0347. The summed E-state index contributed by atoms with van der Waals surface area (Å²) in [5.74, 6) is 5.77. The van der Waals surface area contributed by atoms with Crippen molar-refractivity contribution in [3.05, 3.63) is 33.9 Å². The molecule has 0 aromatic carbocycles. The lowest BCUT2D eigenvalue weighted by Gasteiger charge is -2.16. The highest BCUT2D eigenvalue weighted by Gasteiger charge is 2.21. The number of hydrogen-bond acceptors (Lipinski definition) is 4. The number of nitrogens with zero attached hydrogens (tertiary/aromatic N) is 4. The molecule has 2 heterocycles. The van der Waals surface area contributed by atoms with Crippen LogP contribution in [0, 0.1) is 6.92 Å². The first-order valence-corrected chi connectivity index (χ1v) is 7.59. The molecule has 0 fully saturated rings. The van der Waals surface area contributed by atoms with Crippen molar-refractivity contribution in [1.29, 1.82) is 0 Å². The number of aryl methyl sites for hydroxylation is 4. The van der Waals surface area contributed by atoms with Crippen LogP contribution in [0.15, 0.2) is 6.20 Å². The Morgan fingerprint density at radius 1 is 1.38 bits per heavy atom. The lowest BCUT2D eigenvalue weighted by atomic mass is 10.0. The zero-order valence-electron chi connectivity index (χ0n) is 13.0. The van der Waals surface area contributed by atoms with Crippen LogP contribution < -0.4 is 11.3 Å². The standard InChI is InChI=1S/C14H23ClN6/c1-5-11-10(8-20(4)19-11)12(17-16)7-13-14(15)9(3)18-21(13)6-2/h8,12,17H,5-7,16H2,1-4H3. The van der Waals surface area contributed by atoms with E-state index in [1.54, 1.807) is 0 Å². The normalized spacial score (nSPS) is 12.9. The van der Waals surface area contributed by atoms with Crippen molar-refractivity contribution in [2.24, 2.45) is 12.9 Å². The second-order valence-electron chi connectivity index (χ2n) is 5.14. The van der Waals surface area contributed by atoms with E-state index in [0.29, 0.717) is 6.42 Å². The Bertz CT molecular complexity index is 615. The van der Waals surface area contributed by atoms with Gasteiger partial charge in [0.05, 0.1) is 28.1 Å². The topological polar surface area (TPSA) is 73.7 Å². The summed E-state index contributed by atoms with van der Waals surface area (Å²) in [5, 5.41) is 9.65. The van der Waals surface area contributed by atoms with E-state index in [0.717, 1.165) is 40.6 Å². The van der Waals surface area contributed by atoms with Crippen LogP contribution in [0.3, 0.4) is 0 Å². The first kappa shape index (κ1) is 16.0. The summed E-state index contributed by atoms with van der Waals surface area (Å²) in [7, 11) is 1.92. The third-order valence-electron chi connectivity index (χ3n) is 3.70. The fourth-order valence-corrected chi connectivity index (χ4v) is 2.85. The third kappa shape index (κ3) is 3.12. The Balaban J connectivity index is 2.35. The fraction of sp³-hybridized carbons (Fsp3) is 0.571. The number of nitrogens with two attached hydrogens (primary N) is 1. The molecule has 1 atom stereocenters. The van der Waals surface area contributed by atoms with Crippen molar-refractivity contribution in [2.75, 3.05) is 0 Å². The molecule has 0 aliphatic carbocycles. The first-order chi connectivity index (χ1) is 10.0. The molecule has 6 nitrogen and oxygen atoms in total. The summed E-state index contributed by atoms with van der Waals surface area (Å²) >= 11 is 6.39. The maximum absolute atomic E-state index is 6.39. The Labute approximate surface area is 130 Å². The molecule has 0 aliphatic heterocycles. The smallest absolute Gasteiger partial charge is 0.0847 e. The van der Waals surface area contributed by atoms with Gasteiger partial charge < -0.3 is 0 Å². The van der Waals surface area contributed by atoms with Gasteiger partial charge in [0.1, 0.15) is 0 Å². The maximum atomic E-state index is 6.39. The Morgan fingerprint density at radius 3 is 2.67 bits per heavy atom. The summed E-state index contributed by atoms with van der Waals surface area (Å²) < 4.78 is 3.76. The third-order valence-corrected chi connectivity index (χ3v) is 4.19. The van der Waals surface area contributed by atoms with Crippen molar-refractivity contribution in [1.82, 2.24) is 25.0 Å². The van der Waals surface area contributed by atoms with Gasteiger partial charge in [-0.15, -0.1) is 0 Å². The van der Waals surface area contributed by atoms with Crippen LogP contribution in [0.2, 0.25) is 5.02 Å². The van der Waals surface area contributed by atoms with E-state index in [9.17, 15) is 0 Å². The molecular formula is C14H23ClN6. The quantitative estimate of drug-likeness (QED) is 0.631. The molecule has 1 unspecified atom stereocenters. The van der Waals surface area contributed by atoms with Crippen LogP contribution >= 0.6 is 11.6 Å². The SMILES string of the molecule is CCc1nn(C)cc1C(Cc1c(Cl)c(C)nn1CC)NN. The van der Waals surface area contributed by atoms with Crippen LogP contribution in [0.25, 0.3) is 0 Å². The molecule has 3 N–H and O–H groups in total. The lowest BCUT2D eigenvalue weighted by molar-refractivity contribution is 0.514. The molecular weight excluding hydrogens is 288 g/mol. The van der Waals surface area contributed by atoms with Crippen molar-refractivity contribution in [2.45, 2.75) is 46.2 Å². The van der Waals surface area contributed by atoms with Crippen molar-refractivity contribution < 1.29 is 0 Å². The average Bonchev–Trinajstić information content (AvgIpc) is 2.98. The van der Waals surface area contributed by atoms with E-state index in [1.807, 2.05) is 29.5 Å². The summed E-state index contributed by atoms with van der Waals surface area (Å²) in [6.45, 7) is 6.85. The molecule has 0 radical (unpaired) electrons. The van der Waals surface area contributed by atoms with Crippen LogP contribution in [0.4, 0.5) is 0 Å². The van der Waals surface area contributed by atoms with E-state index < -0.39 is 0 Å². The monoisotopic (exact) mass is 310 g/mol. The Kier molecular flexibility index (Phi) is 5.03. The number of halogens is 1. The molecule has 0 spiro atoms. The second kappa shape index (κ2) is 6.60. The van der Waals surface area contributed by atoms with Crippen LogP contribution in [0.5, 0.6) is 0 Å². The van der Waals surface area contributed by atoms with Gasteiger partial charge in [0.25, 0.3) is 0 Å². The maximum Gasteiger partial charge on any atom is 0.0847 e. The number of hydrogen-bond donors (Lipinski definition) is 2. The first-order valence-electron chi connectivity index (χ1n) is 7.22. The predicted octanol–water partition coefficient (Wildman–Crippen LogP) is 1.91. The lowest BCUT2D eigenvalue weighted by Crippen LogP contribution is -2.30. The molecule has 0 saturated carbocycles. The van der Waals surface area contributed by atoms with Gasteiger partial charge in [-0.25, -0.2) is 0 Å². The van der Waals surface area contributed by atoms with Gasteiger partial charge in [0, 0.05) is 31.8 Å². The Hall–Kier alpha value is -1.37. The molecule has 2 aromatic heterocycles. The van der Waals surface area contributed by atoms with Gasteiger partial charge in [0.15, 0.2) is 0 Å². The molecule has 116 valence electrons.